The molecule has 2 rings (SSSR count). The Labute approximate surface area is 142 Å². The molecule has 128 valence electrons. The highest BCUT2D eigenvalue weighted by molar-refractivity contribution is 5.89. The third-order valence-electron chi connectivity index (χ3n) is 3.25. The van der Waals surface area contributed by atoms with E-state index in [0.717, 1.165) is 5.69 Å². The van der Waals surface area contributed by atoms with E-state index in [1.165, 1.54) is 0 Å². The van der Waals surface area contributed by atoms with E-state index in [9.17, 15) is 4.79 Å². The number of hydrogen-bond acceptors (Lipinski definition) is 4. The van der Waals surface area contributed by atoms with Crippen LogP contribution in [-0.2, 0) is 0 Å². The summed E-state index contributed by atoms with van der Waals surface area (Å²) in [6.45, 7) is 2.51. The van der Waals surface area contributed by atoms with Gasteiger partial charge in [-0.25, -0.2) is 4.79 Å². The van der Waals surface area contributed by atoms with Gasteiger partial charge in [0, 0.05) is 25.5 Å². The van der Waals surface area contributed by atoms with Gasteiger partial charge >= 0.3 is 6.03 Å². The fourth-order valence-corrected chi connectivity index (χ4v) is 2.04. The molecule has 6 nitrogen and oxygen atoms in total. The molecule has 2 amide bonds. The van der Waals surface area contributed by atoms with E-state index in [0.29, 0.717) is 23.8 Å². The SMILES string of the molecule is CCOc1ccccc1OCNC(=O)Nc1ccc(N(C)C)cc1. The highest BCUT2D eigenvalue weighted by Crippen LogP contribution is 2.25. The predicted octanol–water partition coefficient (Wildman–Crippen LogP) is 3.31. The number of carbonyl (C=O) groups excluding carboxylic acids is 1. The van der Waals surface area contributed by atoms with Gasteiger partial charge in [-0.1, -0.05) is 12.1 Å². The quantitative estimate of drug-likeness (QED) is 0.765. The molecule has 0 aliphatic heterocycles. The summed E-state index contributed by atoms with van der Waals surface area (Å²) in [4.78, 5) is 13.9. The number of para-hydroxylation sites is 2. The molecular weight excluding hydrogens is 306 g/mol. The maximum atomic E-state index is 11.9. The van der Waals surface area contributed by atoms with Crippen LogP contribution in [0.25, 0.3) is 0 Å². The molecule has 2 aromatic carbocycles. The zero-order chi connectivity index (χ0) is 17.4. The molecule has 0 radical (unpaired) electrons. The molecule has 24 heavy (non-hydrogen) atoms. The fourth-order valence-electron chi connectivity index (χ4n) is 2.04. The van der Waals surface area contributed by atoms with Gasteiger partial charge < -0.3 is 25.0 Å². The molecule has 0 bridgehead atoms. The lowest BCUT2D eigenvalue weighted by molar-refractivity contribution is 0.229. The zero-order valence-corrected chi connectivity index (χ0v) is 14.2. The molecule has 0 saturated heterocycles. The van der Waals surface area contributed by atoms with Gasteiger partial charge in [0.2, 0.25) is 0 Å². The van der Waals surface area contributed by atoms with Crippen LogP contribution >= 0.6 is 0 Å². The standard InChI is InChI=1S/C18H23N3O3/c1-4-23-16-7-5-6-8-17(16)24-13-19-18(22)20-14-9-11-15(12-10-14)21(2)3/h5-12H,4,13H2,1-3H3,(H2,19,20,22). The molecular formula is C18H23N3O3. The van der Waals surface area contributed by atoms with Crippen LogP contribution in [0.1, 0.15) is 6.92 Å². The third kappa shape index (κ3) is 5.08. The molecule has 6 heteroatoms. The predicted molar refractivity (Wildman–Crippen MR) is 96.0 cm³/mol. The van der Waals surface area contributed by atoms with Crippen LogP contribution in [0.4, 0.5) is 16.2 Å². The van der Waals surface area contributed by atoms with Crippen molar-refractivity contribution in [2.24, 2.45) is 0 Å². The van der Waals surface area contributed by atoms with Crippen LogP contribution in [-0.4, -0.2) is 33.5 Å². The number of ether oxygens (including phenoxy) is 2. The van der Waals surface area contributed by atoms with E-state index in [4.69, 9.17) is 9.47 Å². The number of hydrogen-bond donors (Lipinski definition) is 2. The van der Waals surface area contributed by atoms with Crippen molar-refractivity contribution in [1.82, 2.24) is 5.32 Å². The number of rotatable bonds is 7. The summed E-state index contributed by atoms with van der Waals surface area (Å²) in [5.74, 6) is 1.25. The minimum atomic E-state index is -0.332. The normalized spacial score (nSPS) is 9.96. The lowest BCUT2D eigenvalue weighted by Crippen LogP contribution is -2.32. The maximum absolute atomic E-state index is 11.9. The Hall–Kier alpha value is -2.89. The first-order valence-electron chi connectivity index (χ1n) is 7.77. The number of nitrogens with one attached hydrogen (secondary N) is 2. The number of anilines is 2. The Morgan fingerprint density at radius 3 is 2.21 bits per heavy atom. The third-order valence-corrected chi connectivity index (χ3v) is 3.25. The Bertz CT molecular complexity index is 657. The highest BCUT2D eigenvalue weighted by atomic mass is 16.5. The van der Waals surface area contributed by atoms with Crippen molar-refractivity contribution in [3.8, 4) is 11.5 Å². The molecule has 0 fully saturated rings. The summed E-state index contributed by atoms with van der Waals surface area (Å²) in [5, 5.41) is 5.40. The molecule has 0 saturated carbocycles. The zero-order valence-electron chi connectivity index (χ0n) is 14.2. The van der Waals surface area contributed by atoms with Gasteiger partial charge in [-0.3, -0.25) is 0 Å². The average Bonchev–Trinajstić information content (AvgIpc) is 2.57. The first-order valence-corrected chi connectivity index (χ1v) is 7.77. The summed E-state index contributed by atoms with van der Waals surface area (Å²) < 4.78 is 11.0. The molecule has 2 N–H and O–H groups in total. The first kappa shape index (κ1) is 17.5. The van der Waals surface area contributed by atoms with Crippen LogP contribution in [0.3, 0.4) is 0 Å². The summed E-state index contributed by atoms with van der Waals surface area (Å²) in [6.07, 6.45) is 0. The number of carbonyl (C=O) groups is 1. The number of urea groups is 1. The van der Waals surface area contributed by atoms with Gasteiger partial charge in [-0.2, -0.15) is 0 Å². The fraction of sp³-hybridized carbons (Fsp3) is 0.278. The maximum Gasteiger partial charge on any atom is 0.321 e. The van der Waals surface area contributed by atoms with Crippen molar-refractivity contribution in [3.05, 3.63) is 48.5 Å². The monoisotopic (exact) mass is 329 g/mol. The second-order valence-electron chi connectivity index (χ2n) is 5.24. The van der Waals surface area contributed by atoms with Crippen molar-refractivity contribution in [2.75, 3.05) is 37.6 Å². The smallest absolute Gasteiger partial charge is 0.321 e. The largest absolute Gasteiger partial charge is 0.490 e. The van der Waals surface area contributed by atoms with E-state index >= 15 is 0 Å². The van der Waals surface area contributed by atoms with E-state index in [1.54, 1.807) is 6.07 Å². The average molecular weight is 329 g/mol. The van der Waals surface area contributed by atoms with Crippen LogP contribution in [0, 0.1) is 0 Å². The van der Waals surface area contributed by atoms with Crippen LogP contribution < -0.4 is 25.0 Å². The number of benzene rings is 2. The van der Waals surface area contributed by atoms with Gasteiger partial charge in [0.05, 0.1) is 6.61 Å². The molecule has 0 aliphatic rings. The first-order chi connectivity index (χ1) is 11.6. The summed E-state index contributed by atoms with van der Waals surface area (Å²) in [7, 11) is 3.93. The Balaban J connectivity index is 1.81. The van der Waals surface area contributed by atoms with Crippen LogP contribution in [0.2, 0.25) is 0 Å². The minimum absolute atomic E-state index is 0.0473. The molecule has 0 heterocycles. The second kappa shape index (κ2) is 8.67. The molecule has 0 unspecified atom stereocenters. The van der Waals surface area contributed by atoms with E-state index in [-0.39, 0.29) is 12.8 Å². The lowest BCUT2D eigenvalue weighted by atomic mass is 10.2. The molecule has 0 aromatic heterocycles. The molecule has 0 aliphatic carbocycles. The van der Waals surface area contributed by atoms with Gasteiger partial charge in [-0.05, 0) is 43.3 Å². The van der Waals surface area contributed by atoms with E-state index in [1.807, 2.05) is 68.4 Å². The van der Waals surface area contributed by atoms with Gasteiger partial charge in [0.25, 0.3) is 0 Å². The van der Waals surface area contributed by atoms with Crippen molar-refractivity contribution in [3.63, 3.8) is 0 Å². The molecule has 0 atom stereocenters. The molecule has 2 aromatic rings. The van der Waals surface area contributed by atoms with Crippen molar-refractivity contribution in [2.45, 2.75) is 6.92 Å². The highest BCUT2D eigenvalue weighted by Gasteiger charge is 2.05. The molecule has 0 spiro atoms. The number of amides is 2. The van der Waals surface area contributed by atoms with Crippen LogP contribution in [0.15, 0.2) is 48.5 Å². The van der Waals surface area contributed by atoms with Crippen molar-refractivity contribution >= 4 is 17.4 Å². The van der Waals surface area contributed by atoms with Gasteiger partial charge in [0.15, 0.2) is 18.2 Å². The summed E-state index contributed by atoms with van der Waals surface area (Å²) in [5.41, 5.74) is 1.78. The Kier molecular flexibility index (Phi) is 6.31. The van der Waals surface area contributed by atoms with E-state index < -0.39 is 0 Å². The summed E-state index contributed by atoms with van der Waals surface area (Å²) >= 11 is 0. The Morgan fingerprint density at radius 2 is 1.62 bits per heavy atom. The minimum Gasteiger partial charge on any atom is -0.490 e. The lowest BCUT2D eigenvalue weighted by Gasteiger charge is -2.14. The topological polar surface area (TPSA) is 62.8 Å². The van der Waals surface area contributed by atoms with Crippen molar-refractivity contribution in [1.29, 1.82) is 0 Å². The van der Waals surface area contributed by atoms with E-state index in [2.05, 4.69) is 10.6 Å². The van der Waals surface area contributed by atoms with Crippen LogP contribution in [0.5, 0.6) is 11.5 Å². The van der Waals surface area contributed by atoms with Crippen molar-refractivity contribution < 1.29 is 14.3 Å². The number of nitrogens with zero attached hydrogens (tertiary/aromatic N) is 1. The van der Waals surface area contributed by atoms with Gasteiger partial charge in [-0.15, -0.1) is 0 Å². The second-order valence-corrected chi connectivity index (χ2v) is 5.24. The Morgan fingerprint density at radius 1 is 1.00 bits per heavy atom. The summed E-state index contributed by atoms with van der Waals surface area (Å²) in [6, 6.07) is 14.6. The van der Waals surface area contributed by atoms with Gasteiger partial charge in [0.1, 0.15) is 0 Å².